The SMILES string of the molecule is C=Cc1cc2nc(C)nc(N)c2nc1-c1cccc(Br)c1C. The first kappa shape index (κ1) is 14.7. The molecule has 2 N–H and O–H groups in total. The van der Waals surface area contributed by atoms with Crippen molar-refractivity contribution in [3.05, 3.63) is 52.3 Å². The molecule has 22 heavy (non-hydrogen) atoms. The first-order chi connectivity index (χ1) is 10.5. The third-order valence-corrected chi connectivity index (χ3v) is 4.44. The highest BCUT2D eigenvalue weighted by atomic mass is 79.9. The maximum absolute atomic E-state index is 6.01. The molecule has 0 aliphatic heterocycles. The minimum Gasteiger partial charge on any atom is -0.382 e. The van der Waals surface area contributed by atoms with Gasteiger partial charge in [0.25, 0.3) is 0 Å². The van der Waals surface area contributed by atoms with E-state index >= 15 is 0 Å². The van der Waals surface area contributed by atoms with Crippen LogP contribution in [0.5, 0.6) is 0 Å². The van der Waals surface area contributed by atoms with Crippen LogP contribution in [0.3, 0.4) is 0 Å². The van der Waals surface area contributed by atoms with Crippen molar-refractivity contribution < 1.29 is 0 Å². The Morgan fingerprint density at radius 3 is 2.68 bits per heavy atom. The fraction of sp³-hybridized carbons (Fsp3) is 0.118. The van der Waals surface area contributed by atoms with Crippen LogP contribution in [0.1, 0.15) is 17.0 Å². The number of benzene rings is 1. The lowest BCUT2D eigenvalue weighted by atomic mass is 10.0. The number of nitrogens with two attached hydrogens (primary N) is 1. The van der Waals surface area contributed by atoms with E-state index in [0.717, 1.165) is 32.4 Å². The zero-order valence-corrected chi connectivity index (χ0v) is 14.0. The van der Waals surface area contributed by atoms with Gasteiger partial charge in [-0.2, -0.15) is 0 Å². The molecule has 0 radical (unpaired) electrons. The number of anilines is 1. The van der Waals surface area contributed by atoms with Gasteiger partial charge in [0.15, 0.2) is 5.82 Å². The minimum atomic E-state index is 0.395. The molecular formula is C17H15BrN4. The number of nitrogens with zero attached hydrogens (tertiary/aromatic N) is 3. The van der Waals surface area contributed by atoms with Crippen molar-refractivity contribution in [3.8, 4) is 11.3 Å². The second-order valence-electron chi connectivity index (χ2n) is 5.07. The number of fused-ring (bicyclic) bond motifs is 1. The monoisotopic (exact) mass is 354 g/mol. The largest absolute Gasteiger partial charge is 0.382 e. The third-order valence-electron chi connectivity index (χ3n) is 3.58. The molecule has 0 aliphatic carbocycles. The predicted molar refractivity (Wildman–Crippen MR) is 94.4 cm³/mol. The van der Waals surface area contributed by atoms with Crippen LogP contribution in [-0.4, -0.2) is 15.0 Å². The summed E-state index contributed by atoms with van der Waals surface area (Å²) < 4.78 is 1.04. The molecule has 0 aliphatic rings. The number of halogens is 1. The molecule has 2 aromatic heterocycles. The van der Waals surface area contributed by atoms with Crippen LogP contribution in [0.25, 0.3) is 28.4 Å². The second kappa shape index (κ2) is 5.50. The second-order valence-corrected chi connectivity index (χ2v) is 5.92. The van der Waals surface area contributed by atoms with E-state index in [4.69, 9.17) is 10.7 Å². The van der Waals surface area contributed by atoms with Crippen LogP contribution in [0.4, 0.5) is 5.82 Å². The Hall–Kier alpha value is -2.27. The lowest BCUT2D eigenvalue weighted by molar-refractivity contribution is 1.09. The van der Waals surface area contributed by atoms with Crippen molar-refractivity contribution in [3.63, 3.8) is 0 Å². The Morgan fingerprint density at radius 2 is 1.95 bits per heavy atom. The maximum Gasteiger partial charge on any atom is 0.153 e. The summed E-state index contributed by atoms with van der Waals surface area (Å²) in [6.07, 6.45) is 1.79. The van der Waals surface area contributed by atoms with Gasteiger partial charge in [0.2, 0.25) is 0 Å². The Morgan fingerprint density at radius 1 is 1.18 bits per heavy atom. The highest BCUT2D eigenvalue weighted by molar-refractivity contribution is 9.10. The summed E-state index contributed by atoms with van der Waals surface area (Å²) in [5.41, 5.74) is 11.3. The number of nitrogen functional groups attached to an aromatic ring is 1. The average Bonchev–Trinajstić information content (AvgIpc) is 2.49. The Kier molecular flexibility index (Phi) is 3.66. The molecule has 0 spiro atoms. The lowest BCUT2D eigenvalue weighted by Gasteiger charge is -2.12. The van der Waals surface area contributed by atoms with E-state index in [1.165, 1.54) is 0 Å². The molecular weight excluding hydrogens is 340 g/mol. The summed E-state index contributed by atoms with van der Waals surface area (Å²) in [5, 5.41) is 0. The van der Waals surface area contributed by atoms with E-state index < -0.39 is 0 Å². The van der Waals surface area contributed by atoms with Crippen LogP contribution in [0, 0.1) is 13.8 Å². The zero-order valence-electron chi connectivity index (χ0n) is 12.4. The molecule has 3 aromatic rings. The van der Waals surface area contributed by atoms with Gasteiger partial charge in [0.05, 0.1) is 11.2 Å². The zero-order chi connectivity index (χ0) is 15.9. The smallest absolute Gasteiger partial charge is 0.153 e. The van der Waals surface area contributed by atoms with Gasteiger partial charge < -0.3 is 5.73 Å². The van der Waals surface area contributed by atoms with E-state index in [-0.39, 0.29) is 0 Å². The Labute approximate surface area is 137 Å². The lowest BCUT2D eigenvalue weighted by Crippen LogP contribution is -2.01. The summed E-state index contributed by atoms with van der Waals surface area (Å²) >= 11 is 3.56. The van der Waals surface area contributed by atoms with Crippen LogP contribution in [-0.2, 0) is 0 Å². The minimum absolute atomic E-state index is 0.395. The van der Waals surface area contributed by atoms with Crippen LogP contribution >= 0.6 is 15.9 Å². The van der Waals surface area contributed by atoms with E-state index in [1.807, 2.05) is 38.1 Å². The van der Waals surface area contributed by atoms with Gasteiger partial charge in [-0.25, -0.2) is 15.0 Å². The molecule has 5 heteroatoms. The topological polar surface area (TPSA) is 64.7 Å². The maximum atomic E-state index is 6.01. The summed E-state index contributed by atoms with van der Waals surface area (Å²) in [5.74, 6) is 1.03. The molecule has 1 aromatic carbocycles. The Bertz CT molecular complexity index is 903. The number of hydrogen-bond acceptors (Lipinski definition) is 4. The van der Waals surface area contributed by atoms with Gasteiger partial charge in [-0.1, -0.05) is 40.7 Å². The normalized spacial score (nSPS) is 10.9. The summed E-state index contributed by atoms with van der Waals surface area (Å²) in [6, 6.07) is 7.98. The molecule has 3 rings (SSSR count). The highest BCUT2D eigenvalue weighted by Crippen LogP contribution is 2.32. The van der Waals surface area contributed by atoms with Crippen molar-refractivity contribution in [2.75, 3.05) is 5.73 Å². The van der Waals surface area contributed by atoms with Crippen molar-refractivity contribution in [2.45, 2.75) is 13.8 Å². The van der Waals surface area contributed by atoms with E-state index in [0.29, 0.717) is 17.2 Å². The van der Waals surface area contributed by atoms with Crippen LogP contribution in [0.15, 0.2) is 35.3 Å². The summed E-state index contributed by atoms with van der Waals surface area (Å²) in [6.45, 7) is 7.76. The molecule has 0 saturated carbocycles. The number of rotatable bonds is 2. The van der Waals surface area contributed by atoms with E-state index in [2.05, 4.69) is 32.5 Å². The molecule has 0 saturated heterocycles. The number of hydrogen-bond donors (Lipinski definition) is 1. The highest BCUT2D eigenvalue weighted by Gasteiger charge is 2.13. The first-order valence-electron chi connectivity index (χ1n) is 6.84. The van der Waals surface area contributed by atoms with E-state index in [1.54, 1.807) is 6.08 Å². The molecule has 0 atom stereocenters. The fourth-order valence-corrected chi connectivity index (χ4v) is 2.82. The number of pyridine rings is 1. The molecule has 0 unspecified atom stereocenters. The molecule has 0 fully saturated rings. The third kappa shape index (κ3) is 2.37. The van der Waals surface area contributed by atoms with Crippen LogP contribution < -0.4 is 5.73 Å². The summed E-state index contributed by atoms with van der Waals surface area (Å²) in [4.78, 5) is 13.3. The summed E-state index contributed by atoms with van der Waals surface area (Å²) in [7, 11) is 0. The molecule has 0 bridgehead atoms. The standard InChI is InChI=1S/C17H15BrN4/c1-4-11-8-14-16(17(19)21-10(3)20-14)22-15(11)12-6-5-7-13(18)9(12)2/h4-8H,1H2,2-3H3,(H2,19,20,21). The molecule has 4 nitrogen and oxygen atoms in total. The van der Waals surface area contributed by atoms with Gasteiger partial charge in [0.1, 0.15) is 11.3 Å². The van der Waals surface area contributed by atoms with Gasteiger partial charge in [0, 0.05) is 15.6 Å². The van der Waals surface area contributed by atoms with Gasteiger partial charge in [-0.05, 0) is 31.5 Å². The quantitative estimate of drug-likeness (QED) is 0.745. The van der Waals surface area contributed by atoms with Crippen molar-refractivity contribution >= 4 is 38.9 Å². The van der Waals surface area contributed by atoms with Crippen molar-refractivity contribution in [1.29, 1.82) is 0 Å². The predicted octanol–water partition coefficient (Wildman–Crippen LogP) is 4.30. The van der Waals surface area contributed by atoms with Gasteiger partial charge in [-0.3, -0.25) is 0 Å². The molecule has 110 valence electrons. The van der Waals surface area contributed by atoms with Crippen molar-refractivity contribution in [2.24, 2.45) is 0 Å². The van der Waals surface area contributed by atoms with Crippen molar-refractivity contribution in [1.82, 2.24) is 15.0 Å². The van der Waals surface area contributed by atoms with Crippen LogP contribution in [0.2, 0.25) is 0 Å². The van der Waals surface area contributed by atoms with Gasteiger partial charge in [-0.15, -0.1) is 0 Å². The number of aryl methyl sites for hydroxylation is 1. The average molecular weight is 355 g/mol. The number of aromatic nitrogens is 3. The van der Waals surface area contributed by atoms with Gasteiger partial charge >= 0.3 is 0 Å². The molecule has 0 amide bonds. The first-order valence-corrected chi connectivity index (χ1v) is 7.63. The van der Waals surface area contributed by atoms with E-state index in [9.17, 15) is 0 Å². The Balaban J connectivity index is 2.38. The molecule has 2 heterocycles. The fourth-order valence-electron chi connectivity index (χ4n) is 2.45.